The Morgan fingerprint density at radius 3 is 2.67 bits per heavy atom. The van der Waals surface area contributed by atoms with Gasteiger partial charge in [0.15, 0.2) is 5.96 Å². The molecule has 0 fully saturated rings. The second-order valence-corrected chi connectivity index (χ2v) is 7.66. The SMILES string of the molecule is CN=C(NCCCc1nc2c(s1)CCCC2)NCc1ccc(OC)cc1.I. The van der Waals surface area contributed by atoms with Crippen LogP contribution in [0.2, 0.25) is 0 Å². The minimum Gasteiger partial charge on any atom is -0.497 e. The normalized spacial score (nSPS) is 13.5. The molecule has 0 radical (unpaired) electrons. The number of ether oxygens (including phenoxy) is 1. The maximum absolute atomic E-state index is 5.18. The van der Waals surface area contributed by atoms with Crippen LogP contribution in [0.15, 0.2) is 29.3 Å². The van der Waals surface area contributed by atoms with Crippen LogP contribution >= 0.6 is 35.3 Å². The first kappa shape index (κ1) is 21.9. The topological polar surface area (TPSA) is 58.5 Å². The maximum atomic E-state index is 5.18. The van der Waals surface area contributed by atoms with Crippen LogP contribution in [0.5, 0.6) is 5.75 Å². The molecule has 0 atom stereocenters. The van der Waals surface area contributed by atoms with Crippen LogP contribution in [0.3, 0.4) is 0 Å². The van der Waals surface area contributed by atoms with E-state index < -0.39 is 0 Å². The number of thiazole rings is 1. The summed E-state index contributed by atoms with van der Waals surface area (Å²) in [7, 11) is 3.48. The zero-order valence-corrected chi connectivity index (χ0v) is 19.2. The molecule has 27 heavy (non-hydrogen) atoms. The molecular formula is C20H29IN4OS. The van der Waals surface area contributed by atoms with Crippen LogP contribution in [-0.2, 0) is 25.8 Å². The highest BCUT2D eigenvalue weighted by atomic mass is 127. The van der Waals surface area contributed by atoms with Crippen LogP contribution in [0.25, 0.3) is 0 Å². The number of hydrogen-bond donors (Lipinski definition) is 2. The van der Waals surface area contributed by atoms with Crippen molar-refractivity contribution in [2.45, 2.75) is 45.1 Å². The summed E-state index contributed by atoms with van der Waals surface area (Å²) in [6.07, 6.45) is 7.13. The number of halogens is 1. The fourth-order valence-corrected chi connectivity index (χ4v) is 4.31. The van der Waals surface area contributed by atoms with Gasteiger partial charge >= 0.3 is 0 Å². The van der Waals surface area contributed by atoms with Crippen molar-refractivity contribution < 1.29 is 4.74 Å². The quantitative estimate of drug-likeness (QED) is 0.262. The van der Waals surface area contributed by atoms with E-state index in [1.54, 1.807) is 14.2 Å². The van der Waals surface area contributed by atoms with Gasteiger partial charge in [-0.25, -0.2) is 4.98 Å². The lowest BCUT2D eigenvalue weighted by atomic mass is 10.0. The van der Waals surface area contributed by atoms with E-state index in [9.17, 15) is 0 Å². The molecule has 0 spiro atoms. The van der Waals surface area contributed by atoms with Gasteiger partial charge in [-0.3, -0.25) is 4.99 Å². The van der Waals surface area contributed by atoms with Crippen molar-refractivity contribution in [1.29, 1.82) is 0 Å². The van der Waals surface area contributed by atoms with Crippen molar-refractivity contribution in [3.63, 3.8) is 0 Å². The first-order chi connectivity index (χ1) is 12.8. The van der Waals surface area contributed by atoms with E-state index in [0.717, 1.165) is 37.6 Å². The molecule has 0 bridgehead atoms. The van der Waals surface area contributed by atoms with Crippen LogP contribution in [0, 0.1) is 0 Å². The number of guanidine groups is 1. The predicted molar refractivity (Wildman–Crippen MR) is 124 cm³/mol. The van der Waals surface area contributed by atoms with Gasteiger partial charge in [-0.1, -0.05) is 12.1 Å². The molecule has 1 heterocycles. The van der Waals surface area contributed by atoms with Crippen molar-refractivity contribution in [3.8, 4) is 5.75 Å². The second kappa shape index (κ2) is 11.5. The fraction of sp³-hybridized carbons (Fsp3) is 0.500. The third-order valence-corrected chi connectivity index (χ3v) is 5.81. The molecule has 1 aliphatic carbocycles. The zero-order valence-electron chi connectivity index (χ0n) is 16.1. The Bertz CT molecular complexity index is 707. The van der Waals surface area contributed by atoms with Gasteiger partial charge in [-0.05, 0) is 49.8 Å². The number of methoxy groups -OCH3 is 1. The average Bonchev–Trinajstić information content (AvgIpc) is 3.10. The Labute approximate surface area is 183 Å². The lowest BCUT2D eigenvalue weighted by Gasteiger charge is -2.12. The molecule has 1 aromatic carbocycles. The van der Waals surface area contributed by atoms with Gasteiger partial charge in [-0.2, -0.15) is 0 Å². The smallest absolute Gasteiger partial charge is 0.191 e. The van der Waals surface area contributed by atoms with Crippen LogP contribution < -0.4 is 15.4 Å². The number of benzene rings is 1. The van der Waals surface area contributed by atoms with Crippen molar-refractivity contribution in [2.24, 2.45) is 4.99 Å². The van der Waals surface area contributed by atoms with Crippen molar-refractivity contribution in [2.75, 3.05) is 20.7 Å². The van der Waals surface area contributed by atoms with Crippen molar-refractivity contribution >= 4 is 41.3 Å². The highest BCUT2D eigenvalue weighted by Crippen LogP contribution is 2.27. The van der Waals surface area contributed by atoms with Crippen molar-refractivity contribution in [3.05, 3.63) is 45.4 Å². The van der Waals surface area contributed by atoms with E-state index in [0.29, 0.717) is 0 Å². The van der Waals surface area contributed by atoms with Gasteiger partial charge < -0.3 is 15.4 Å². The summed E-state index contributed by atoms with van der Waals surface area (Å²) in [6, 6.07) is 8.06. The summed E-state index contributed by atoms with van der Waals surface area (Å²) in [4.78, 5) is 10.6. The summed E-state index contributed by atoms with van der Waals surface area (Å²) < 4.78 is 5.18. The molecule has 148 valence electrons. The highest BCUT2D eigenvalue weighted by Gasteiger charge is 2.14. The summed E-state index contributed by atoms with van der Waals surface area (Å²) in [5.74, 6) is 1.71. The number of nitrogens with one attached hydrogen (secondary N) is 2. The molecule has 1 aliphatic rings. The second-order valence-electron chi connectivity index (χ2n) is 6.49. The predicted octanol–water partition coefficient (Wildman–Crippen LogP) is 3.95. The van der Waals surface area contributed by atoms with E-state index in [2.05, 4.69) is 27.8 Å². The standard InChI is InChI=1S/C20H28N4OS.HI/c1-21-20(23-14-15-9-11-16(25-2)12-10-15)22-13-5-8-19-24-17-6-3-4-7-18(17)26-19;/h9-12H,3-8,13-14H2,1-2H3,(H2,21,22,23);1H. The Balaban J connectivity index is 0.00000261. The minimum atomic E-state index is 0. The van der Waals surface area contributed by atoms with Crippen LogP contribution in [0.1, 0.15) is 40.4 Å². The molecule has 3 rings (SSSR count). The molecule has 2 aromatic rings. The van der Waals surface area contributed by atoms with Gasteiger partial charge in [0.2, 0.25) is 0 Å². The molecule has 0 aliphatic heterocycles. The third-order valence-electron chi connectivity index (χ3n) is 4.59. The lowest BCUT2D eigenvalue weighted by Crippen LogP contribution is -2.37. The van der Waals surface area contributed by atoms with E-state index in [1.165, 1.54) is 46.8 Å². The molecule has 0 amide bonds. The number of rotatable bonds is 7. The fourth-order valence-electron chi connectivity index (χ4n) is 3.11. The molecule has 5 nitrogen and oxygen atoms in total. The number of aliphatic imine (C=N–C) groups is 1. The summed E-state index contributed by atoms with van der Waals surface area (Å²) in [5.41, 5.74) is 2.56. The Morgan fingerprint density at radius 2 is 1.96 bits per heavy atom. The molecular weight excluding hydrogens is 471 g/mol. The number of aromatic nitrogens is 1. The van der Waals surface area contributed by atoms with E-state index in [1.807, 2.05) is 23.5 Å². The van der Waals surface area contributed by atoms with Crippen molar-refractivity contribution in [1.82, 2.24) is 15.6 Å². The number of nitrogens with zero attached hydrogens (tertiary/aromatic N) is 2. The number of aryl methyl sites for hydroxylation is 3. The Hall–Kier alpha value is -1.35. The number of fused-ring (bicyclic) bond motifs is 1. The number of hydrogen-bond acceptors (Lipinski definition) is 4. The van der Waals surface area contributed by atoms with Gasteiger partial charge in [0.05, 0.1) is 17.8 Å². The lowest BCUT2D eigenvalue weighted by molar-refractivity contribution is 0.414. The largest absolute Gasteiger partial charge is 0.497 e. The monoisotopic (exact) mass is 500 g/mol. The van der Waals surface area contributed by atoms with Gasteiger partial charge in [0.25, 0.3) is 0 Å². The minimum absolute atomic E-state index is 0. The van der Waals surface area contributed by atoms with E-state index in [4.69, 9.17) is 9.72 Å². The molecule has 0 saturated carbocycles. The Kier molecular flexibility index (Phi) is 9.33. The maximum Gasteiger partial charge on any atom is 0.191 e. The summed E-state index contributed by atoms with van der Waals surface area (Å²) in [5, 5.41) is 8.02. The van der Waals surface area contributed by atoms with Gasteiger partial charge in [0, 0.05) is 31.4 Å². The van der Waals surface area contributed by atoms with Crippen LogP contribution in [-0.4, -0.2) is 31.6 Å². The zero-order chi connectivity index (χ0) is 18.2. The first-order valence-corrected chi connectivity index (χ1v) is 10.1. The van der Waals surface area contributed by atoms with E-state index in [-0.39, 0.29) is 24.0 Å². The first-order valence-electron chi connectivity index (χ1n) is 9.33. The van der Waals surface area contributed by atoms with Gasteiger partial charge in [0.1, 0.15) is 5.75 Å². The summed E-state index contributed by atoms with van der Waals surface area (Å²) in [6.45, 7) is 1.63. The molecule has 1 aromatic heterocycles. The Morgan fingerprint density at radius 1 is 1.19 bits per heavy atom. The van der Waals surface area contributed by atoms with Gasteiger partial charge in [-0.15, -0.1) is 35.3 Å². The molecule has 2 N–H and O–H groups in total. The summed E-state index contributed by atoms with van der Waals surface area (Å²) >= 11 is 1.92. The molecule has 0 unspecified atom stereocenters. The molecule has 7 heteroatoms. The highest BCUT2D eigenvalue weighted by molar-refractivity contribution is 14.0. The van der Waals surface area contributed by atoms with E-state index >= 15 is 0 Å². The molecule has 0 saturated heterocycles. The average molecular weight is 500 g/mol. The van der Waals surface area contributed by atoms with Crippen LogP contribution in [0.4, 0.5) is 0 Å². The third kappa shape index (κ3) is 6.64.